The summed E-state index contributed by atoms with van der Waals surface area (Å²) in [6.45, 7) is 6.67. The molecule has 5 nitrogen and oxygen atoms in total. The Bertz CT molecular complexity index is 511. The molecule has 0 radical (unpaired) electrons. The maximum absolute atomic E-state index is 5.59. The van der Waals surface area contributed by atoms with E-state index in [1.807, 2.05) is 0 Å². The van der Waals surface area contributed by atoms with Crippen molar-refractivity contribution in [1.82, 2.24) is 16.0 Å². The first-order valence-electron chi connectivity index (χ1n) is 8.70. The summed E-state index contributed by atoms with van der Waals surface area (Å²) in [7, 11) is 0. The molecule has 1 fully saturated rings. The monoisotopic (exact) mass is 316 g/mol. The first kappa shape index (κ1) is 16.3. The van der Waals surface area contributed by atoms with Gasteiger partial charge in [0.25, 0.3) is 0 Å². The van der Waals surface area contributed by atoms with Gasteiger partial charge in [0.05, 0.1) is 0 Å². The van der Waals surface area contributed by atoms with Gasteiger partial charge in [-0.1, -0.05) is 30.3 Å². The molecule has 5 heteroatoms. The van der Waals surface area contributed by atoms with Gasteiger partial charge >= 0.3 is 0 Å². The third kappa shape index (κ3) is 4.45. The molecule has 2 aliphatic heterocycles. The average molecular weight is 316 g/mol. The van der Waals surface area contributed by atoms with Crippen molar-refractivity contribution in [2.75, 3.05) is 32.8 Å². The summed E-state index contributed by atoms with van der Waals surface area (Å²) in [6.07, 6.45) is 3.16. The number of aliphatic imine (C=N–C) groups is 1. The summed E-state index contributed by atoms with van der Waals surface area (Å²) >= 11 is 0. The van der Waals surface area contributed by atoms with Crippen LogP contribution in [0.4, 0.5) is 0 Å². The lowest BCUT2D eigenvalue weighted by atomic mass is 9.88. The third-order valence-electron chi connectivity index (χ3n) is 4.76. The van der Waals surface area contributed by atoms with Crippen molar-refractivity contribution in [3.8, 4) is 0 Å². The summed E-state index contributed by atoms with van der Waals surface area (Å²) in [6, 6.07) is 11.0. The molecule has 1 aromatic carbocycles. The zero-order valence-electron chi connectivity index (χ0n) is 14.0. The van der Waals surface area contributed by atoms with Crippen molar-refractivity contribution in [2.24, 2.45) is 4.99 Å². The summed E-state index contributed by atoms with van der Waals surface area (Å²) in [4.78, 5) is 4.52. The molecule has 3 N–H and O–H groups in total. The summed E-state index contributed by atoms with van der Waals surface area (Å²) in [5.74, 6) is 0.941. The van der Waals surface area contributed by atoms with Crippen LogP contribution in [0.2, 0.25) is 0 Å². The molecule has 0 bridgehead atoms. The van der Waals surface area contributed by atoms with Crippen molar-refractivity contribution >= 4 is 5.96 Å². The molecule has 1 aromatic rings. The number of benzene rings is 1. The highest BCUT2D eigenvalue weighted by Gasteiger charge is 2.34. The van der Waals surface area contributed by atoms with Crippen molar-refractivity contribution in [2.45, 2.75) is 37.8 Å². The number of guanidine groups is 1. The highest BCUT2D eigenvalue weighted by molar-refractivity contribution is 5.80. The van der Waals surface area contributed by atoms with Crippen LogP contribution in [0.3, 0.4) is 0 Å². The van der Waals surface area contributed by atoms with E-state index < -0.39 is 0 Å². The molecule has 2 heterocycles. The van der Waals surface area contributed by atoms with Gasteiger partial charge in [-0.25, -0.2) is 0 Å². The zero-order chi connectivity index (χ0) is 16.0. The van der Waals surface area contributed by atoms with E-state index in [1.165, 1.54) is 5.56 Å². The van der Waals surface area contributed by atoms with Crippen LogP contribution in [0.5, 0.6) is 0 Å². The minimum atomic E-state index is 0.0507. The summed E-state index contributed by atoms with van der Waals surface area (Å²) in [5.41, 5.74) is 1.38. The van der Waals surface area contributed by atoms with E-state index in [2.05, 4.69) is 58.2 Å². The Morgan fingerprint density at radius 1 is 1.26 bits per heavy atom. The minimum Gasteiger partial charge on any atom is -0.381 e. The average Bonchev–Trinajstić information content (AvgIpc) is 2.62. The van der Waals surface area contributed by atoms with E-state index in [4.69, 9.17) is 4.74 Å². The van der Waals surface area contributed by atoms with Gasteiger partial charge < -0.3 is 20.7 Å². The van der Waals surface area contributed by atoms with Crippen molar-refractivity contribution in [1.29, 1.82) is 0 Å². The second kappa shape index (κ2) is 7.79. The smallest absolute Gasteiger partial charge is 0.191 e. The Morgan fingerprint density at radius 2 is 2.04 bits per heavy atom. The fourth-order valence-corrected chi connectivity index (χ4v) is 3.32. The van der Waals surface area contributed by atoms with Crippen LogP contribution in [0, 0.1) is 0 Å². The second-order valence-electron chi connectivity index (χ2n) is 6.53. The lowest BCUT2D eigenvalue weighted by Crippen LogP contribution is -2.58. The predicted octanol–water partition coefficient (Wildman–Crippen LogP) is 1.83. The van der Waals surface area contributed by atoms with Crippen LogP contribution in [-0.2, 0) is 4.74 Å². The molecule has 1 atom stereocenters. The van der Waals surface area contributed by atoms with Crippen molar-refractivity contribution in [3.05, 3.63) is 35.9 Å². The first-order chi connectivity index (χ1) is 11.3. The summed E-state index contributed by atoms with van der Waals surface area (Å²) in [5, 5.41) is 10.7. The number of hydrogen-bond donors (Lipinski definition) is 3. The van der Waals surface area contributed by atoms with Crippen molar-refractivity contribution < 1.29 is 4.74 Å². The maximum atomic E-state index is 5.59. The standard InChI is InChI=1S/C18H28N4O/c1-15(16-6-3-2-4-7-16)22-18(8-12-23-13-9-18)14-21-17-19-10-5-11-20-17/h2-4,6-7,15,22H,5,8-14H2,1H3,(H2,19,20,21). The Morgan fingerprint density at radius 3 is 2.74 bits per heavy atom. The Labute approximate surface area is 138 Å². The Kier molecular flexibility index (Phi) is 5.51. The molecule has 0 aromatic heterocycles. The fraction of sp³-hybridized carbons (Fsp3) is 0.611. The fourth-order valence-electron chi connectivity index (χ4n) is 3.32. The van der Waals surface area contributed by atoms with E-state index in [9.17, 15) is 0 Å². The van der Waals surface area contributed by atoms with E-state index in [-0.39, 0.29) is 5.54 Å². The van der Waals surface area contributed by atoms with Gasteiger partial charge in [-0.3, -0.25) is 4.99 Å². The largest absolute Gasteiger partial charge is 0.381 e. The molecule has 126 valence electrons. The molecule has 0 amide bonds. The third-order valence-corrected chi connectivity index (χ3v) is 4.76. The van der Waals surface area contributed by atoms with Crippen LogP contribution < -0.4 is 16.0 Å². The number of ether oxygens (including phenoxy) is 1. The van der Waals surface area contributed by atoms with Gasteiger partial charge in [-0.05, 0) is 31.7 Å². The zero-order valence-corrected chi connectivity index (χ0v) is 14.0. The van der Waals surface area contributed by atoms with E-state index in [0.29, 0.717) is 6.04 Å². The van der Waals surface area contributed by atoms with Crippen LogP contribution >= 0.6 is 0 Å². The minimum absolute atomic E-state index is 0.0507. The van der Waals surface area contributed by atoms with Crippen molar-refractivity contribution in [3.63, 3.8) is 0 Å². The maximum Gasteiger partial charge on any atom is 0.191 e. The molecule has 1 unspecified atom stereocenters. The second-order valence-corrected chi connectivity index (χ2v) is 6.53. The number of hydrogen-bond acceptors (Lipinski definition) is 5. The lowest BCUT2D eigenvalue weighted by molar-refractivity contribution is 0.0354. The van der Waals surface area contributed by atoms with E-state index in [1.54, 1.807) is 0 Å². The van der Waals surface area contributed by atoms with Crippen LogP contribution in [0.15, 0.2) is 35.3 Å². The number of nitrogens with one attached hydrogen (secondary N) is 3. The van der Waals surface area contributed by atoms with Gasteiger partial charge in [0.15, 0.2) is 5.96 Å². The molecular formula is C18H28N4O. The lowest BCUT2D eigenvalue weighted by Gasteiger charge is -2.41. The van der Waals surface area contributed by atoms with Crippen LogP contribution in [0.25, 0.3) is 0 Å². The van der Waals surface area contributed by atoms with Gasteiger partial charge in [0, 0.05) is 44.4 Å². The molecule has 2 aliphatic rings. The SMILES string of the molecule is CC(NC1(CNC2=NCCCN2)CCOCC1)c1ccccc1. The highest BCUT2D eigenvalue weighted by atomic mass is 16.5. The summed E-state index contributed by atoms with van der Waals surface area (Å²) < 4.78 is 5.59. The van der Waals surface area contributed by atoms with Crippen LogP contribution in [-0.4, -0.2) is 44.3 Å². The van der Waals surface area contributed by atoms with Crippen LogP contribution in [0.1, 0.15) is 37.8 Å². The Hall–Kier alpha value is -1.59. The van der Waals surface area contributed by atoms with E-state index >= 15 is 0 Å². The van der Waals surface area contributed by atoms with Gasteiger partial charge in [-0.2, -0.15) is 0 Å². The normalized spacial score (nSPS) is 21.9. The van der Waals surface area contributed by atoms with E-state index in [0.717, 1.165) is 58.1 Å². The molecule has 0 saturated carbocycles. The van der Waals surface area contributed by atoms with Gasteiger partial charge in [0.2, 0.25) is 0 Å². The molecule has 23 heavy (non-hydrogen) atoms. The number of nitrogens with zero attached hydrogens (tertiary/aromatic N) is 1. The topological polar surface area (TPSA) is 57.7 Å². The molecule has 3 rings (SSSR count). The first-order valence-corrected chi connectivity index (χ1v) is 8.70. The Balaban J connectivity index is 1.65. The predicted molar refractivity (Wildman–Crippen MR) is 93.7 cm³/mol. The highest BCUT2D eigenvalue weighted by Crippen LogP contribution is 2.25. The molecular weight excluding hydrogens is 288 g/mol. The number of rotatable bonds is 5. The molecule has 0 aliphatic carbocycles. The van der Waals surface area contributed by atoms with Gasteiger partial charge in [0.1, 0.15) is 0 Å². The van der Waals surface area contributed by atoms with Gasteiger partial charge in [-0.15, -0.1) is 0 Å². The molecule has 0 spiro atoms. The quantitative estimate of drug-likeness (QED) is 0.776. The molecule has 1 saturated heterocycles.